The Labute approximate surface area is 165 Å². The zero-order valence-electron chi connectivity index (χ0n) is 16.2. The normalized spacial score (nSPS) is 30.1. The van der Waals surface area contributed by atoms with E-state index in [2.05, 4.69) is 49.8 Å². The van der Waals surface area contributed by atoms with E-state index in [-0.39, 0.29) is 5.04 Å². The summed E-state index contributed by atoms with van der Waals surface area (Å²) in [6, 6.07) is 8.84. The molecule has 146 valence electrons. The first-order chi connectivity index (χ1) is 11.9. The summed E-state index contributed by atoms with van der Waals surface area (Å²) >= 11 is 3.48. The Hall–Kier alpha value is -0.733. The highest BCUT2D eigenvalue weighted by Crippen LogP contribution is 2.40. The molecule has 0 bridgehead atoms. The number of carbonyl (C=O) groups is 1. The quantitative estimate of drug-likeness (QED) is 0.430. The molecule has 1 aromatic carbocycles. The van der Waals surface area contributed by atoms with Gasteiger partial charge in [0.1, 0.15) is 6.10 Å². The van der Waals surface area contributed by atoms with Crippen LogP contribution in [-0.4, -0.2) is 48.8 Å². The number of benzene rings is 1. The van der Waals surface area contributed by atoms with Gasteiger partial charge in [-0.25, -0.2) is 4.79 Å². The average Bonchev–Trinajstić information content (AvgIpc) is 2.55. The number of hydrogen-bond acceptors (Lipinski definition) is 5. The second kappa shape index (κ2) is 8.10. The molecule has 0 spiro atoms. The van der Waals surface area contributed by atoms with Crippen LogP contribution in [0, 0.1) is 0 Å². The van der Waals surface area contributed by atoms with E-state index in [0.717, 1.165) is 0 Å². The third-order valence-corrected chi connectivity index (χ3v) is 10.7. The Bertz CT molecular complexity index is 616. The summed E-state index contributed by atoms with van der Waals surface area (Å²) in [7, 11) is -2.15. The molecule has 0 aliphatic carbocycles. The van der Waals surface area contributed by atoms with E-state index in [4.69, 9.17) is 13.9 Å². The van der Waals surface area contributed by atoms with E-state index >= 15 is 0 Å². The number of aliphatic hydroxyl groups excluding tert-OH is 1. The van der Waals surface area contributed by atoms with Gasteiger partial charge in [0.05, 0.1) is 16.5 Å². The number of carbonyl (C=O) groups excluding carboxylic acids is 1. The minimum atomic E-state index is -2.15. The third-order valence-electron chi connectivity index (χ3n) is 5.22. The minimum Gasteiger partial charge on any atom is -0.453 e. The number of hydrogen-bond donors (Lipinski definition) is 1. The molecule has 1 fully saturated rings. The molecule has 1 heterocycles. The maximum Gasteiger partial charge on any atom is 0.338 e. The van der Waals surface area contributed by atoms with Crippen LogP contribution in [0.4, 0.5) is 0 Å². The van der Waals surface area contributed by atoms with Crippen LogP contribution in [0.3, 0.4) is 0 Å². The van der Waals surface area contributed by atoms with Gasteiger partial charge in [0.2, 0.25) is 0 Å². The van der Waals surface area contributed by atoms with E-state index in [0.29, 0.717) is 5.56 Å². The molecule has 1 N–H and O–H groups in total. The van der Waals surface area contributed by atoms with Gasteiger partial charge < -0.3 is 19.0 Å². The molecule has 1 aliphatic heterocycles. The lowest BCUT2D eigenvalue weighted by Gasteiger charge is -2.47. The van der Waals surface area contributed by atoms with Gasteiger partial charge in [-0.2, -0.15) is 0 Å². The molecule has 2 rings (SSSR count). The van der Waals surface area contributed by atoms with Crippen molar-refractivity contribution in [2.75, 3.05) is 0 Å². The Morgan fingerprint density at radius 3 is 2.31 bits per heavy atom. The fraction of sp³-hybridized carbons (Fsp3) is 0.632. The molecule has 1 aromatic rings. The Kier molecular flexibility index (Phi) is 6.72. The van der Waals surface area contributed by atoms with Gasteiger partial charge in [0.25, 0.3) is 0 Å². The zero-order chi connectivity index (χ0) is 19.7. The molecule has 1 saturated heterocycles. The summed E-state index contributed by atoms with van der Waals surface area (Å²) in [5, 5.41) is 10.2. The van der Waals surface area contributed by atoms with Gasteiger partial charge in [0, 0.05) is 0 Å². The summed E-state index contributed by atoms with van der Waals surface area (Å²) in [5.41, 5.74) is 0.475. The van der Waals surface area contributed by atoms with Crippen molar-refractivity contribution >= 4 is 30.2 Å². The smallest absolute Gasteiger partial charge is 0.338 e. The zero-order valence-corrected chi connectivity index (χ0v) is 18.8. The lowest BCUT2D eigenvalue weighted by molar-refractivity contribution is -0.218. The number of halogens is 1. The van der Waals surface area contributed by atoms with E-state index < -0.39 is 43.7 Å². The SMILES string of the molecule is C[C@H]1O[C@H](O)[C@@H](Br)[C@@H](O[Si](C)(C)C(C)(C)C)[C@@H]1OC(=O)c1ccccc1. The number of rotatable bonds is 4. The molecular weight excluding hydrogens is 416 g/mol. The molecule has 7 heteroatoms. The largest absolute Gasteiger partial charge is 0.453 e. The van der Waals surface area contributed by atoms with E-state index in [9.17, 15) is 9.90 Å². The molecule has 0 aromatic heterocycles. The van der Waals surface area contributed by atoms with Gasteiger partial charge in [-0.3, -0.25) is 0 Å². The van der Waals surface area contributed by atoms with E-state index in [1.165, 1.54) is 0 Å². The number of ether oxygens (including phenoxy) is 2. The summed E-state index contributed by atoms with van der Waals surface area (Å²) in [6.07, 6.45) is -2.63. The van der Waals surface area contributed by atoms with Crippen molar-refractivity contribution in [2.45, 2.75) is 75.3 Å². The van der Waals surface area contributed by atoms with Gasteiger partial charge in [-0.1, -0.05) is 54.9 Å². The van der Waals surface area contributed by atoms with E-state index in [1.54, 1.807) is 31.2 Å². The monoisotopic (exact) mass is 444 g/mol. The standard InChI is InChI=1S/C19H29BrO5Si/c1-12-15(24-17(21)13-10-8-7-9-11-13)16(14(20)18(22)23-12)25-26(5,6)19(2,3)4/h7-12,14-16,18,22H,1-6H3/t12-,14+,15-,16-,18+/m1/s1. The molecule has 0 unspecified atom stereocenters. The average molecular weight is 445 g/mol. The highest BCUT2D eigenvalue weighted by molar-refractivity contribution is 9.09. The molecule has 0 amide bonds. The van der Waals surface area contributed by atoms with Crippen LogP contribution in [0.2, 0.25) is 18.1 Å². The minimum absolute atomic E-state index is 0.0137. The first-order valence-corrected chi connectivity index (χ1v) is 12.7. The van der Waals surface area contributed by atoms with Gasteiger partial charge in [-0.15, -0.1) is 0 Å². The lowest BCUT2D eigenvalue weighted by atomic mass is 10.0. The maximum absolute atomic E-state index is 12.6. The summed E-state index contributed by atoms with van der Waals surface area (Å²) in [4.78, 5) is 12.1. The maximum atomic E-state index is 12.6. The van der Waals surface area contributed by atoms with Crippen molar-refractivity contribution < 1.29 is 23.8 Å². The second-order valence-corrected chi connectivity index (χ2v) is 14.1. The molecule has 26 heavy (non-hydrogen) atoms. The summed E-state index contributed by atoms with van der Waals surface area (Å²) in [6.45, 7) is 12.5. The molecular formula is C19H29BrO5Si. The summed E-state index contributed by atoms with van der Waals surface area (Å²) in [5.74, 6) is -0.425. The van der Waals surface area contributed by atoms with Crippen molar-refractivity contribution in [3.63, 3.8) is 0 Å². The Morgan fingerprint density at radius 1 is 1.19 bits per heavy atom. The number of esters is 1. The molecule has 1 aliphatic rings. The van der Waals surface area contributed by atoms with Crippen LogP contribution in [0.5, 0.6) is 0 Å². The van der Waals surface area contributed by atoms with E-state index in [1.807, 2.05) is 6.07 Å². The lowest BCUT2D eigenvalue weighted by Crippen LogP contribution is -2.60. The van der Waals surface area contributed by atoms with Crippen molar-refractivity contribution in [3.8, 4) is 0 Å². The predicted octanol–water partition coefficient (Wildman–Crippen LogP) is 4.10. The van der Waals surface area contributed by atoms with Crippen LogP contribution in [0.25, 0.3) is 0 Å². The second-order valence-electron chi connectivity index (χ2n) is 8.25. The van der Waals surface area contributed by atoms with Crippen molar-refractivity contribution in [1.29, 1.82) is 0 Å². The van der Waals surface area contributed by atoms with Crippen LogP contribution < -0.4 is 0 Å². The fourth-order valence-corrected chi connectivity index (χ4v) is 4.61. The fourth-order valence-electron chi connectivity index (χ4n) is 2.56. The third kappa shape index (κ3) is 4.75. The van der Waals surface area contributed by atoms with Gasteiger partial charge >= 0.3 is 5.97 Å². The highest BCUT2D eigenvalue weighted by Gasteiger charge is 2.50. The number of aliphatic hydroxyl groups is 1. The van der Waals surface area contributed by atoms with Crippen molar-refractivity contribution in [1.82, 2.24) is 0 Å². The first kappa shape index (κ1) is 21.6. The van der Waals surface area contributed by atoms with Gasteiger partial charge in [-0.05, 0) is 37.2 Å². The molecule has 5 atom stereocenters. The predicted molar refractivity (Wildman–Crippen MR) is 107 cm³/mol. The van der Waals surface area contributed by atoms with Crippen LogP contribution in [0.15, 0.2) is 30.3 Å². The summed E-state index contributed by atoms with van der Waals surface area (Å²) < 4.78 is 17.8. The van der Waals surface area contributed by atoms with Crippen LogP contribution in [0.1, 0.15) is 38.1 Å². The number of alkyl halides is 1. The van der Waals surface area contributed by atoms with Crippen molar-refractivity contribution in [3.05, 3.63) is 35.9 Å². The van der Waals surface area contributed by atoms with Crippen LogP contribution in [-0.2, 0) is 13.9 Å². The first-order valence-electron chi connectivity index (χ1n) is 8.85. The Balaban J connectivity index is 2.26. The Morgan fingerprint density at radius 2 is 1.77 bits per heavy atom. The highest BCUT2D eigenvalue weighted by atomic mass is 79.9. The molecule has 0 radical (unpaired) electrons. The van der Waals surface area contributed by atoms with Crippen molar-refractivity contribution in [2.24, 2.45) is 0 Å². The molecule has 5 nitrogen and oxygen atoms in total. The van der Waals surface area contributed by atoms with Gasteiger partial charge in [0.15, 0.2) is 20.7 Å². The molecule has 0 saturated carbocycles. The topological polar surface area (TPSA) is 65.0 Å². The van der Waals surface area contributed by atoms with Crippen LogP contribution >= 0.6 is 15.9 Å².